The molecule has 156 valence electrons. The second kappa shape index (κ2) is 7.91. The van der Waals surface area contributed by atoms with E-state index in [1.54, 1.807) is 23.1 Å². The van der Waals surface area contributed by atoms with E-state index in [-0.39, 0.29) is 29.2 Å². The molecular weight excluding hydrogens is 491 g/mol. The minimum absolute atomic E-state index is 0.0124. The molecule has 2 heterocycles. The molecule has 0 saturated carbocycles. The van der Waals surface area contributed by atoms with Gasteiger partial charge < -0.3 is 15.3 Å². The number of carbonyl (C=O) groups excluding carboxylic acids is 2. The first-order valence-corrected chi connectivity index (χ1v) is 11.0. The van der Waals surface area contributed by atoms with Gasteiger partial charge in [-0.2, -0.15) is 0 Å². The molecule has 2 aliphatic rings. The quantitative estimate of drug-likeness (QED) is 0.624. The van der Waals surface area contributed by atoms with Crippen LogP contribution in [0.3, 0.4) is 0 Å². The number of fused-ring (bicyclic) bond motifs is 1. The van der Waals surface area contributed by atoms with Crippen molar-refractivity contribution in [2.45, 2.75) is 31.3 Å². The Morgan fingerprint density at radius 2 is 1.87 bits per heavy atom. The molecule has 2 atom stereocenters. The van der Waals surface area contributed by atoms with E-state index in [4.69, 9.17) is 23.2 Å². The fraction of sp³-hybridized carbons (Fsp3) is 0.273. The predicted molar refractivity (Wildman–Crippen MR) is 121 cm³/mol. The van der Waals surface area contributed by atoms with Crippen molar-refractivity contribution in [1.82, 2.24) is 10.2 Å². The van der Waals surface area contributed by atoms with Crippen molar-refractivity contribution >= 4 is 56.5 Å². The number of rotatable bonds is 4. The summed E-state index contributed by atoms with van der Waals surface area (Å²) < 4.78 is 0.944. The molecule has 8 heteroatoms. The van der Waals surface area contributed by atoms with Crippen molar-refractivity contribution in [1.29, 1.82) is 0 Å². The molecule has 30 heavy (non-hydrogen) atoms. The Morgan fingerprint density at radius 3 is 2.47 bits per heavy atom. The van der Waals surface area contributed by atoms with Crippen molar-refractivity contribution in [3.63, 3.8) is 0 Å². The summed E-state index contributed by atoms with van der Waals surface area (Å²) in [6, 6.07) is 12.3. The molecule has 2 unspecified atom stereocenters. The Bertz CT molecular complexity index is 1050. The van der Waals surface area contributed by atoms with Crippen LogP contribution in [0.1, 0.15) is 24.5 Å². The maximum Gasteiger partial charge on any atom is 0.258 e. The lowest BCUT2D eigenvalue weighted by atomic mass is 9.85. The highest BCUT2D eigenvalue weighted by atomic mass is 79.9. The van der Waals surface area contributed by atoms with Crippen molar-refractivity contribution in [3.8, 4) is 0 Å². The SMILES string of the molecule is CC(=O)NC1CN2C(=O)C(c3cc(Cl)cc(Cl)c3)=C(O)C2(Cc2ccc(Br)cc2)C1. The Balaban J connectivity index is 1.81. The number of halogens is 3. The summed E-state index contributed by atoms with van der Waals surface area (Å²) in [5, 5.41) is 15.0. The number of amides is 2. The molecule has 2 aromatic carbocycles. The van der Waals surface area contributed by atoms with Gasteiger partial charge in [0.1, 0.15) is 11.3 Å². The topological polar surface area (TPSA) is 69.6 Å². The Labute approximate surface area is 192 Å². The fourth-order valence-corrected chi connectivity index (χ4v) is 5.27. The van der Waals surface area contributed by atoms with E-state index >= 15 is 0 Å². The highest BCUT2D eigenvalue weighted by molar-refractivity contribution is 9.10. The normalized spacial score (nSPS) is 23.1. The Kier molecular flexibility index (Phi) is 5.60. The lowest BCUT2D eigenvalue weighted by Crippen LogP contribution is -2.45. The predicted octanol–water partition coefficient (Wildman–Crippen LogP) is 4.76. The van der Waals surface area contributed by atoms with E-state index in [2.05, 4.69) is 21.2 Å². The summed E-state index contributed by atoms with van der Waals surface area (Å²) >= 11 is 15.7. The van der Waals surface area contributed by atoms with Crippen LogP contribution in [0.5, 0.6) is 0 Å². The fourth-order valence-electron chi connectivity index (χ4n) is 4.48. The zero-order valence-corrected chi connectivity index (χ0v) is 19.2. The maximum atomic E-state index is 13.4. The van der Waals surface area contributed by atoms with Crippen LogP contribution in [-0.4, -0.2) is 39.9 Å². The molecule has 1 saturated heterocycles. The van der Waals surface area contributed by atoms with Gasteiger partial charge in [0.2, 0.25) is 5.91 Å². The molecule has 2 N–H and O–H groups in total. The Hall–Kier alpha value is -2.02. The van der Waals surface area contributed by atoms with Gasteiger partial charge in [0.05, 0.1) is 5.57 Å². The van der Waals surface area contributed by atoms with Gasteiger partial charge in [-0.3, -0.25) is 9.59 Å². The molecule has 2 amide bonds. The maximum absolute atomic E-state index is 13.4. The minimum Gasteiger partial charge on any atom is -0.509 e. The molecule has 1 fully saturated rings. The van der Waals surface area contributed by atoms with Crippen LogP contribution >= 0.6 is 39.1 Å². The van der Waals surface area contributed by atoms with Gasteiger partial charge in [-0.25, -0.2) is 0 Å². The van der Waals surface area contributed by atoms with Crippen LogP contribution in [0.25, 0.3) is 5.57 Å². The summed E-state index contributed by atoms with van der Waals surface area (Å²) in [6.07, 6.45) is 0.837. The number of nitrogens with one attached hydrogen (secondary N) is 1. The first kappa shape index (κ1) is 21.2. The van der Waals surface area contributed by atoms with Crippen LogP contribution in [0.2, 0.25) is 10.0 Å². The van der Waals surface area contributed by atoms with Crippen LogP contribution in [-0.2, 0) is 16.0 Å². The van der Waals surface area contributed by atoms with E-state index in [1.165, 1.54) is 6.92 Å². The Morgan fingerprint density at radius 1 is 1.23 bits per heavy atom. The summed E-state index contributed by atoms with van der Waals surface area (Å²) in [4.78, 5) is 26.7. The highest BCUT2D eigenvalue weighted by Gasteiger charge is 2.57. The molecule has 2 aliphatic heterocycles. The number of benzene rings is 2. The van der Waals surface area contributed by atoms with E-state index in [0.717, 1.165) is 10.0 Å². The average Bonchev–Trinajstić information content (AvgIpc) is 3.09. The summed E-state index contributed by atoms with van der Waals surface area (Å²) in [7, 11) is 0. The van der Waals surface area contributed by atoms with Gasteiger partial charge in [0, 0.05) is 46.9 Å². The van der Waals surface area contributed by atoms with Crippen molar-refractivity contribution in [3.05, 3.63) is 73.9 Å². The summed E-state index contributed by atoms with van der Waals surface area (Å²) in [5.74, 6) is -0.477. The molecule has 0 bridgehead atoms. The van der Waals surface area contributed by atoms with Crippen molar-refractivity contribution in [2.24, 2.45) is 0 Å². The standard InChI is InChI=1S/C22H19BrCl2N2O3/c1-12(28)26-18-10-22(9-13-2-4-15(23)5-3-13)20(29)19(21(30)27(22)11-18)14-6-16(24)8-17(25)7-14/h2-8,18,29H,9-11H2,1H3,(H,26,28). The third-order valence-corrected chi connectivity index (χ3v) is 6.57. The van der Waals surface area contributed by atoms with E-state index in [9.17, 15) is 14.7 Å². The highest BCUT2D eigenvalue weighted by Crippen LogP contribution is 2.48. The van der Waals surface area contributed by atoms with Crippen LogP contribution in [0.4, 0.5) is 0 Å². The third-order valence-electron chi connectivity index (χ3n) is 5.61. The van der Waals surface area contributed by atoms with Crippen molar-refractivity contribution < 1.29 is 14.7 Å². The molecule has 0 aliphatic carbocycles. The first-order chi connectivity index (χ1) is 14.2. The average molecular weight is 510 g/mol. The van der Waals surface area contributed by atoms with Gasteiger partial charge in [-0.1, -0.05) is 51.3 Å². The number of hydrogen-bond donors (Lipinski definition) is 2. The van der Waals surface area contributed by atoms with Gasteiger partial charge in [-0.05, 0) is 41.5 Å². The molecule has 2 aromatic rings. The van der Waals surface area contributed by atoms with E-state index in [1.807, 2.05) is 24.3 Å². The largest absolute Gasteiger partial charge is 0.509 e. The van der Waals surface area contributed by atoms with Crippen LogP contribution in [0.15, 0.2) is 52.7 Å². The smallest absolute Gasteiger partial charge is 0.258 e. The minimum atomic E-state index is -0.942. The van der Waals surface area contributed by atoms with Gasteiger partial charge in [-0.15, -0.1) is 0 Å². The summed E-state index contributed by atoms with van der Waals surface area (Å²) in [6.45, 7) is 1.76. The third kappa shape index (κ3) is 3.72. The summed E-state index contributed by atoms with van der Waals surface area (Å²) in [5.41, 5.74) is 0.715. The number of carbonyl (C=O) groups is 2. The van der Waals surface area contributed by atoms with Crippen molar-refractivity contribution in [2.75, 3.05) is 6.54 Å². The molecule has 5 nitrogen and oxygen atoms in total. The molecule has 0 spiro atoms. The van der Waals surface area contributed by atoms with E-state index in [0.29, 0.717) is 35.0 Å². The van der Waals surface area contributed by atoms with Crippen LogP contribution in [0, 0.1) is 0 Å². The lowest BCUT2D eigenvalue weighted by molar-refractivity contribution is -0.127. The number of aliphatic hydroxyl groups is 1. The number of aliphatic hydroxyl groups excluding tert-OH is 1. The molecule has 0 aromatic heterocycles. The monoisotopic (exact) mass is 508 g/mol. The lowest BCUT2D eigenvalue weighted by Gasteiger charge is -2.32. The molecule has 0 radical (unpaired) electrons. The second-order valence-electron chi connectivity index (χ2n) is 7.73. The van der Waals surface area contributed by atoms with Gasteiger partial charge in [0.25, 0.3) is 5.91 Å². The second-order valence-corrected chi connectivity index (χ2v) is 9.52. The number of nitrogens with zero attached hydrogens (tertiary/aromatic N) is 1. The molecular formula is C22H19BrCl2N2O3. The zero-order valence-electron chi connectivity index (χ0n) is 16.1. The van der Waals surface area contributed by atoms with Gasteiger partial charge >= 0.3 is 0 Å². The van der Waals surface area contributed by atoms with Gasteiger partial charge in [0.15, 0.2) is 0 Å². The number of hydrogen-bond acceptors (Lipinski definition) is 3. The molecule has 4 rings (SSSR count). The van der Waals surface area contributed by atoms with E-state index < -0.39 is 5.54 Å². The zero-order chi connectivity index (χ0) is 21.6. The first-order valence-electron chi connectivity index (χ1n) is 9.43. The van der Waals surface area contributed by atoms with Crippen LogP contribution < -0.4 is 5.32 Å².